The van der Waals surface area contributed by atoms with E-state index in [4.69, 9.17) is 9.47 Å². The molecule has 14 aromatic rings. The first kappa shape index (κ1) is 60.4. The fourth-order valence-electron chi connectivity index (χ4n) is 14.7. The Labute approximate surface area is 566 Å². The molecule has 98 heavy (non-hydrogen) atoms. The number of hydrogen-bond acceptors (Lipinski definition) is 4. The van der Waals surface area contributed by atoms with E-state index in [0.29, 0.717) is 57.1 Å². The molecule has 8 heteroatoms. The van der Waals surface area contributed by atoms with Gasteiger partial charge < -0.3 is 19.3 Å². The summed E-state index contributed by atoms with van der Waals surface area (Å²) in [6, 6.07) is 104. The Hall–Kier alpha value is -12.5. The summed E-state index contributed by atoms with van der Waals surface area (Å²) in [7, 11) is 0. The third-order valence-corrected chi connectivity index (χ3v) is 19.2. The van der Waals surface area contributed by atoms with Crippen LogP contribution in [0.15, 0.2) is 341 Å². The van der Waals surface area contributed by atoms with E-state index >= 15 is 17.6 Å². The number of nitrogens with zero attached hydrogens (tertiary/aromatic N) is 2. The normalized spacial score (nSPS) is 14.7. The smallest absolute Gasteiger partial charge is 0.147 e. The second-order valence-corrected chi connectivity index (χ2v) is 24.5. The van der Waals surface area contributed by atoms with Crippen molar-refractivity contribution in [3.8, 4) is 56.4 Å². The van der Waals surface area contributed by atoms with Crippen LogP contribution in [0.4, 0.5) is 51.7 Å². The van der Waals surface area contributed by atoms with E-state index in [1.54, 1.807) is 36.4 Å². The number of anilines is 6. The summed E-state index contributed by atoms with van der Waals surface area (Å²) in [4.78, 5) is 3.88. The highest BCUT2D eigenvalue weighted by atomic mass is 19.1. The maximum atomic E-state index is 16.7. The minimum absolute atomic E-state index is 0.350. The van der Waals surface area contributed by atoms with Crippen molar-refractivity contribution in [3.63, 3.8) is 0 Å². The van der Waals surface area contributed by atoms with E-state index in [2.05, 4.69) is 86.0 Å². The molecule has 0 aliphatic heterocycles. The predicted molar refractivity (Wildman–Crippen MR) is 389 cm³/mol. The van der Waals surface area contributed by atoms with Crippen LogP contribution in [0.2, 0.25) is 0 Å². The number of halogens is 4. The molecule has 2 aliphatic carbocycles. The maximum Gasteiger partial charge on any atom is 0.147 e. The van der Waals surface area contributed by atoms with Crippen molar-refractivity contribution < 1.29 is 27.0 Å². The van der Waals surface area contributed by atoms with Gasteiger partial charge in [0.15, 0.2) is 0 Å². The zero-order valence-electron chi connectivity index (χ0n) is 53.0. The van der Waals surface area contributed by atoms with Crippen LogP contribution < -0.4 is 19.3 Å². The molecular weight excluding hydrogens is 1220 g/mol. The van der Waals surface area contributed by atoms with Crippen molar-refractivity contribution in [2.45, 2.75) is 10.8 Å². The summed E-state index contributed by atoms with van der Waals surface area (Å²) in [5, 5.41) is 0. The van der Waals surface area contributed by atoms with Gasteiger partial charge in [-0.05, 0) is 235 Å². The number of para-hydroxylation sites is 2. The maximum absolute atomic E-state index is 16.7. The number of fused-ring (bicyclic) bond motifs is 6. The van der Waals surface area contributed by atoms with Gasteiger partial charge in [0.2, 0.25) is 0 Å². The third kappa shape index (κ3) is 10.4. The van der Waals surface area contributed by atoms with E-state index in [0.717, 1.165) is 89.0 Å². The molecule has 1 unspecified atom stereocenters. The summed E-state index contributed by atoms with van der Waals surface area (Å²) in [5.74, 6) is 1.16. The summed E-state index contributed by atoms with van der Waals surface area (Å²) in [5.41, 5.74) is 17.0. The van der Waals surface area contributed by atoms with Gasteiger partial charge in [0.05, 0.1) is 22.2 Å². The van der Waals surface area contributed by atoms with Gasteiger partial charge in [-0.2, -0.15) is 0 Å². The Balaban J connectivity index is 0.767. The van der Waals surface area contributed by atoms with Gasteiger partial charge >= 0.3 is 0 Å². The van der Waals surface area contributed by atoms with Crippen LogP contribution >= 0.6 is 0 Å². The molecule has 0 spiro atoms. The molecular formula is C90H60F4N2O2. The van der Waals surface area contributed by atoms with Crippen LogP contribution in [-0.4, -0.2) is 0 Å². The van der Waals surface area contributed by atoms with Crippen molar-refractivity contribution in [1.82, 2.24) is 0 Å². The van der Waals surface area contributed by atoms with Gasteiger partial charge in [-0.3, -0.25) is 0 Å². The van der Waals surface area contributed by atoms with Gasteiger partial charge in [-0.1, -0.05) is 207 Å². The lowest BCUT2D eigenvalue weighted by atomic mass is 9.67. The summed E-state index contributed by atoms with van der Waals surface area (Å²) >= 11 is 0. The zero-order valence-corrected chi connectivity index (χ0v) is 53.0. The Kier molecular flexibility index (Phi) is 15.4. The molecule has 0 amide bonds. The van der Waals surface area contributed by atoms with Crippen LogP contribution in [0, 0.1) is 23.3 Å². The molecule has 16 rings (SSSR count). The van der Waals surface area contributed by atoms with E-state index < -0.39 is 22.5 Å². The third-order valence-electron chi connectivity index (χ3n) is 19.2. The Morgan fingerprint density at radius 3 is 0.918 bits per heavy atom. The minimum atomic E-state index is -0.941. The molecule has 0 aromatic heterocycles. The van der Waals surface area contributed by atoms with Gasteiger partial charge in [-0.25, -0.2) is 17.6 Å². The molecule has 470 valence electrons. The van der Waals surface area contributed by atoms with Crippen molar-refractivity contribution >= 4 is 46.3 Å². The Morgan fingerprint density at radius 2 is 0.571 bits per heavy atom. The van der Waals surface area contributed by atoms with Crippen LogP contribution in [0.25, 0.3) is 45.5 Å². The van der Waals surface area contributed by atoms with E-state index in [9.17, 15) is 0 Å². The first-order valence-corrected chi connectivity index (χ1v) is 32.4. The first-order chi connectivity index (χ1) is 48.1. The molecule has 0 heterocycles. The van der Waals surface area contributed by atoms with Crippen LogP contribution in [-0.2, 0) is 10.8 Å². The Morgan fingerprint density at radius 1 is 0.276 bits per heavy atom. The van der Waals surface area contributed by atoms with E-state index in [1.165, 1.54) is 36.4 Å². The van der Waals surface area contributed by atoms with Gasteiger partial charge in [0.25, 0.3) is 0 Å². The van der Waals surface area contributed by atoms with E-state index in [1.807, 2.05) is 204 Å². The second kappa shape index (κ2) is 25.0. The largest absolute Gasteiger partial charge is 0.457 e. The first-order valence-electron chi connectivity index (χ1n) is 32.4. The molecule has 0 N–H and O–H groups in total. The van der Waals surface area contributed by atoms with Crippen molar-refractivity contribution in [3.05, 3.63) is 420 Å². The van der Waals surface area contributed by atoms with Crippen LogP contribution in [0.5, 0.6) is 23.0 Å². The van der Waals surface area contributed by atoms with Gasteiger partial charge in [0, 0.05) is 22.7 Å². The molecule has 0 bridgehead atoms. The highest BCUT2D eigenvalue weighted by molar-refractivity contribution is 5.92. The highest BCUT2D eigenvalue weighted by Crippen LogP contribution is 2.60. The minimum Gasteiger partial charge on any atom is -0.457 e. The number of rotatable bonds is 17. The molecule has 0 radical (unpaired) electrons. The summed E-state index contributed by atoms with van der Waals surface area (Å²) in [6.45, 7) is 7.76. The highest BCUT2D eigenvalue weighted by Gasteiger charge is 2.48. The standard InChI is InChI=1S/C90H60F4N2O2/c1-3-59-21-47-73(48-22-59)97-75-51-33-65(34-52-75)89(63-29-37-67(91)38-30-63)81-15-7-5-13-77(81)79-55-45-71(57-83(79)89)95(87-19-11-9-17-85(87)93)69-41-25-61(26-42-69)62-27-43-70(44-28-62)96(88-20-12-10-18-86(88)94)72-46-56-80-78-14-6-8-16-82(78)90(84(80)58-72,64-31-39-68(92)40-32-64)66-35-53-76(54-36-66)98-74-49-23-60(4-2)24-50-74/h3-58H,1-2H2/t89-,90?/m0/s1. The topological polar surface area (TPSA) is 24.9 Å². The number of benzene rings is 14. The fourth-order valence-corrected chi connectivity index (χ4v) is 14.7. The zero-order chi connectivity index (χ0) is 66.5. The van der Waals surface area contributed by atoms with Crippen molar-refractivity contribution in [1.29, 1.82) is 0 Å². The van der Waals surface area contributed by atoms with Crippen LogP contribution in [0.3, 0.4) is 0 Å². The number of ether oxygens (including phenoxy) is 2. The molecule has 2 atom stereocenters. The molecule has 14 aromatic carbocycles. The lowest BCUT2D eigenvalue weighted by Gasteiger charge is -2.35. The summed E-state index contributed by atoms with van der Waals surface area (Å²) < 4.78 is 76.2. The average Bonchev–Trinajstić information content (AvgIpc) is 1.53. The van der Waals surface area contributed by atoms with E-state index in [-0.39, 0.29) is 11.6 Å². The lowest BCUT2D eigenvalue weighted by molar-refractivity contribution is 0.482. The molecule has 2 aliphatic rings. The number of hydrogen-bond donors (Lipinski definition) is 0. The fraction of sp³-hybridized carbons (Fsp3) is 0.0222. The monoisotopic (exact) mass is 1280 g/mol. The lowest BCUT2D eigenvalue weighted by Crippen LogP contribution is -2.29. The van der Waals surface area contributed by atoms with Crippen molar-refractivity contribution in [2.75, 3.05) is 9.80 Å². The summed E-state index contributed by atoms with van der Waals surface area (Å²) in [6.07, 6.45) is 3.58. The quantitative estimate of drug-likeness (QED) is 0.0849. The van der Waals surface area contributed by atoms with Crippen LogP contribution in [0.1, 0.15) is 55.6 Å². The molecule has 0 fully saturated rings. The molecule has 0 saturated carbocycles. The SMILES string of the molecule is C=Cc1ccc(Oc2ccc(C3(c4ccc(F)cc4)c4ccccc4-c4ccc(N(c5ccc(-c6ccc(N(c7ccc8c(c7)[C@@](c7ccc(F)cc7)(c7ccc(Oc9ccc(C=C)cc9)cc7)c7ccccc7-8)c7ccccc7F)cc6)cc5)c5ccccc5F)cc43)cc2)cc1. The molecule has 0 saturated heterocycles. The molecule has 4 nitrogen and oxygen atoms in total. The van der Waals surface area contributed by atoms with Crippen molar-refractivity contribution in [2.24, 2.45) is 0 Å². The second-order valence-electron chi connectivity index (χ2n) is 24.5. The van der Waals surface area contributed by atoms with Gasteiger partial charge in [-0.15, -0.1) is 0 Å². The predicted octanol–water partition coefficient (Wildman–Crippen LogP) is 24.4. The average molecular weight is 1280 g/mol. The van der Waals surface area contributed by atoms with Gasteiger partial charge in [0.1, 0.15) is 46.3 Å². The Bertz CT molecular complexity index is 4990.